The van der Waals surface area contributed by atoms with Crippen LogP contribution in [-0.2, 0) is 4.74 Å². The molecular formula is C20H24F2N6O. The Morgan fingerprint density at radius 1 is 1.24 bits per heavy atom. The van der Waals surface area contributed by atoms with Crippen LogP contribution in [0.4, 0.5) is 14.7 Å². The van der Waals surface area contributed by atoms with Gasteiger partial charge in [0, 0.05) is 47.7 Å². The smallest absolute Gasteiger partial charge is 0.345 e. The van der Waals surface area contributed by atoms with E-state index >= 15 is 0 Å². The maximum atomic E-state index is 12.0. The minimum absolute atomic E-state index is 0.115. The van der Waals surface area contributed by atoms with Crippen LogP contribution >= 0.6 is 0 Å². The van der Waals surface area contributed by atoms with Crippen LogP contribution < -0.4 is 5.32 Å². The molecule has 0 spiro atoms. The van der Waals surface area contributed by atoms with Crippen molar-refractivity contribution < 1.29 is 13.5 Å². The third-order valence-corrected chi connectivity index (χ3v) is 4.59. The van der Waals surface area contributed by atoms with E-state index in [1.54, 1.807) is 6.20 Å². The van der Waals surface area contributed by atoms with Gasteiger partial charge in [-0.2, -0.15) is 18.9 Å². The highest BCUT2D eigenvalue weighted by Gasteiger charge is 2.25. The van der Waals surface area contributed by atoms with Gasteiger partial charge in [-0.15, -0.1) is 12.8 Å². The van der Waals surface area contributed by atoms with Crippen LogP contribution in [-0.4, -0.2) is 44.1 Å². The lowest BCUT2D eigenvalue weighted by Crippen LogP contribution is -2.13. The Kier molecular flexibility index (Phi) is 6.44. The van der Waals surface area contributed by atoms with Crippen molar-refractivity contribution in [1.29, 1.82) is 0 Å². The molecule has 0 saturated heterocycles. The van der Waals surface area contributed by atoms with Crippen LogP contribution in [0.5, 0.6) is 0 Å². The average molecular weight is 402 g/mol. The number of hydrogen-bond donors (Lipinski definition) is 1. The monoisotopic (exact) mass is 402 g/mol. The molecule has 3 aromatic heterocycles. The highest BCUT2D eigenvalue weighted by molar-refractivity contribution is 5.93. The minimum Gasteiger partial charge on any atom is -0.352 e. The summed E-state index contributed by atoms with van der Waals surface area (Å²) >= 11 is 0. The molecule has 7 nitrogen and oxygen atoms in total. The summed E-state index contributed by atoms with van der Waals surface area (Å²) < 4.78 is 32.4. The third-order valence-electron chi connectivity index (χ3n) is 4.59. The Labute approximate surface area is 168 Å². The van der Waals surface area contributed by atoms with Crippen LogP contribution in [0.25, 0.3) is 22.2 Å². The highest BCUT2D eigenvalue weighted by Crippen LogP contribution is 2.37. The van der Waals surface area contributed by atoms with E-state index < -0.39 is 6.61 Å². The molecule has 0 bridgehead atoms. The lowest BCUT2D eigenvalue weighted by atomic mass is 10.1. The lowest BCUT2D eigenvalue weighted by Gasteiger charge is -2.09. The summed E-state index contributed by atoms with van der Waals surface area (Å²) in [6, 6.07) is 0.740. The van der Waals surface area contributed by atoms with E-state index in [4.69, 9.17) is 0 Å². The largest absolute Gasteiger partial charge is 0.352 e. The normalized spacial score (nSPS) is 13.7. The van der Waals surface area contributed by atoms with Crippen LogP contribution in [0.3, 0.4) is 0 Å². The van der Waals surface area contributed by atoms with E-state index in [-0.39, 0.29) is 19.2 Å². The predicted octanol–water partition coefficient (Wildman–Crippen LogP) is 4.11. The minimum atomic E-state index is -2.77. The highest BCUT2D eigenvalue weighted by atomic mass is 19.3. The predicted molar refractivity (Wildman–Crippen MR) is 108 cm³/mol. The molecule has 9 heteroatoms. The molecule has 3 heterocycles. The molecule has 0 amide bonds. The summed E-state index contributed by atoms with van der Waals surface area (Å²) in [6.07, 6.45) is 18.2. The quantitative estimate of drug-likeness (QED) is 0.454. The van der Waals surface area contributed by atoms with Crippen LogP contribution in [0.15, 0.2) is 24.8 Å². The number of fused-ring (bicyclic) bond motifs is 1. The van der Waals surface area contributed by atoms with Gasteiger partial charge in [-0.3, -0.25) is 4.68 Å². The van der Waals surface area contributed by atoms with Crippen molar-refractivity contribution in [3.63, 3.8) is 0 Å². The van der Waals surface area contributed by atoms with Crippen LogP contribution in [0.2, 0.25) is 0 Å². The molecule has 0 aromatic carbocycles. The maximum Gasteiger partial charge on any atom is 0.345 e. The number of terminal acetylenes is 1. The fourth-order valence-electron chi connectivity index (χ4n) is 3.07. The van der Waals surface area contributed by atoms with E-state index in [2.05, 4.69) is 68.8 Å². The Hall–Kier alpha value is -2.99. The van der Waals surface area contributed by atoms with E-state index in [1.807, 2.05) is 10.9 Å². The summed E-state index contributed by atoms with van der Waals surface area (Å²) in [6.45, 7) is 1.49. The number of hydrogen-bond acceptors (Lipinski definition) is 5. The second-order valence-corrected chi connectivity index (χ2v) is 6.97. The van der Waals surface area contributed by atoms with E-state index in [0.29, 0.717) is 12.0 Å². The van der Waals surface area contributed by atoms with Crippen LogP contribution in [0.1, 0.15) is 38.8 Å². The van der Waals surface area contributed by atoms with Crippen LogP contribution in [0, 0.1) is 12.8 Å². The molecule has 154 valence electrons. The molecule has 3 aromatic rings. The number of rotatable bonds is 8. The molecule has 0 unspecified atom stereocenters. The number of aromatic nitrogens is 5. The van der Waals surface area contributed by atoms with Gasteiger partial charge in [0.1, 0.15) is 5.65 Å². The Bertz CT molecular complexity index is 974. The second-order valence-electron chi connectivity index (χ2n) is 6.97. The zero-order chi connectivity index (χ0) is 21.0. The molecular weight excluding hydrogens is 378 g/mol. The molecule has 0 radical (unpaired) electrons. The average Bonchev–Trinajstić information content (AvgIpc) is 3.32. The molecule has 4 rings (SSSR count). The topological polar surface area (TPSA) is 69.8 Å². The van der Waals surface area contributed by atoms with E-state index in [1.165, 1.54) is 12.8 Å². The molecule has 1 aliphatic carbocycles. The Morgan fingerprint density at radius 2 is 2.00 bits per heavy atom. The number of nitrogens with zero attached hydrogens (tertiary/aromatic N) is 5. The molecule has 1 N–H and O–H groups in total. The number of anilines is 1. The summed E-state index contributed by atoms with van der Waals surface area (Å²) in [5.74, 6) is 0.389. The summed E-state index contributed by atoms with van der Waals surface area (Å²) in [5, 5.41) is 8.34. The molecule has 1 fully saturated rings. The van der Waals surface area contributed by atoms with Crippen molar-refractivity contribution in [1.82, 2.24) is 24.3 Å². The van der Waals surface area contributed by atoms with Gasteiger partial charge in [-0.25, -0.2) is 4.98 Å². The zero-order valence-electron chi connectivity index (χ0n) is 16.4. The van der Waals surface area contributed by atoms with Crippen molar-refractivity contribution in [2.24, 2.45) is 0 Å². The van der Waals surface area contributed by atoms with Crippen molar-refractivity contribution in [2.75, 3.05) is 18.5 Å². The SMILES string of the molecule is C#C.CC(C)n1cc(-c2cnn(C3CC3)c2)c2cnc(NCCOC(F)F)nc21. The fourth-order valence-corrected chi connectivity index (χ4v) is 3.07. The molecule has 0 aliphatic heterocycles. The third kappa shape index (κ3) is 4.71. The Morgan fingerprint density at radius 3 is 2.66 bits per heavy atom. The van der Waals surface area contributed by atoms with Gasteiger partial charge < -0.3 is 14.6 Å². The van der Waals surface area contributed by atoms with Gasteiger partial charge in [0.25, 0.3) is 0 Å². The molecule has 0 atom stereocenters. The summed E-state index contributed by atoms with van der Waals surface area (Å²) in [7, 11) is 0. The van der Waals surface area contributed by atoms with Gasteiger partial charge >= 0.3 is 6.61 Å². The van der Waals surface area contributed by atoms with Gasteiger partial charge in [0.05, 0.1) is 18.8 Å². The lowest BCUT2D eigenvalue weighted by molar-refractivity contribution is -0.125. The fraction of sp³-hybridized carbons (Fsp3) is 0.450. The first-order valence-electron chi connectivity index (χ1n) is 9.42. The first kappa shape index (κ1) is 20.7. The van der Waals surface area contributed by atoms with E-state index in [0.717, 1.165) is 22.2 Å². The van der Waals surface area contributed by atoms with Gasteiger partial charge in [-0.05, 0) is 26.7 Å². The standard InChI is InChI=1S/C18H22F2N6O.C2H2/c1-11(2)25-10-15(12-7-23-26(9-12)13-3-4-13)14-8-22-18(24-16(14)25)21-5-6-27-17(19)20;1-2/h7-11,13,17H,3-6H2,1-2H3,(H,21,22,24);1-2H. The number of ether oxygens (including phenoxy) is 1. The van der Waals surface area contributed by atoms with Gasteiger partial charge in [0.15, 0.2) is 0 Å². The second kappa shape index (κ2) is 9.01. The van der Waals surface area contributed by atoms with Gasteiger partial charge in [-0.1, -0.05) is 0 Å². The zero-order valence-corrected chi connectivity index (χ0v) is 16.4. The van der Waals surface area contributed by atoms with E-state index in [9.17, 15) is 8.78 Å². The van der Waals surface area contributed by atoms with Crippen molar-refractivity contribution >= 4 is 17.0 Å². The number of alkyl halides is 2. The molecule has 1 saturated carbocycles. The summed E-state index contributed by atoms with van der Waals surface area (Å²) in [5.41, 5.74) is 2.88. The van der Waals surface area contributed by atoms with Crippen molar-refractivity contribution in [2.45, 2.75) is 45.4 Å². The first-order chi connectivity index (χ1) is 14.0. The van der Waals surface area contributed by atoms with Gasteiger partial charge in [0.2, 0.25) is 5.95 Å². The maximum absolute atomic E-state index is 12.0. The number of nitrogens with one attached hydrogen (secondary N) is 1. The molecule has 1 aliphatic rings. The van der Waals surface area contributed by atoms with Crippen molar-refractivity contribution in [3.8, 4) is 24.0 Å². The Balaban J connectivity index is 0.00000117. The molecule has 29 heavy (non-hydrogen) atoms. The number of halogens is 2. The first-order valence-corrected chi connectivity index (χ1v) is 9.42. The summed E-state index contributed by atoms with van der Waals surface area (Å²) in [4.78, 5) is 8.91. The van der Waals surface area contributed by atoms with Crippen molar-refractivity contribution in [3.05, 3.63) is 24.8 Å².